The van der Waals surface area contributed by atoms with Crippen LogP contribution < -0.4 is 15.9 Å². The van der Waals surface area contributed by atoms with E-state index in [4.69, 9.17) is 9.73 Å². The molecule has 0 unspecified atom stereocenters. The molecule has 0 radical (unpaired) electrons. The second-order valence-electron chi connectivity index (χ2n) is 10.3. The van der Waals surface area contributed by atoms with E-state index in [0.717, 1.165) is 5.90 Å². The first-order valence-electron chi connectivity index (χ1n) is 11.7. The average molecular weight is 440 g/mol. The third-order valence-electron chi connectivity index (χ3n) is 8.63. The van der Waals surface area contributed by atoms with E-state index in [0.29, 0.717) is 12.0 Å². The van der Waals surface area contributed by atoms with Crippen LogP contribution in [-0.4, -0.2) is 18.0 Å². The summed E-state index contributed by atoms with van der Waals surface area (Å²) >= 11 is 0. The number of nitrogens with zero attached hydrogens (tertiary/aromatic N) is 1. The van der Waals surface area contributed by atoms with Crippen LogP contribution >= 0.6 is 7.92 Å². The summed E-state index contributed by atoms with van der Waals surface area (Å²) in [6, 6.07) is 30.9. The van der Waals surface area contributed by atoms with Crippen LogP contribution in [0.5, 0.6) is 0 Å². The van der Waals surface area contributed by atoms with Crippen LogP contribution in [0.4, 0.5) is 0 Å². The Hall–Kier alpha value is -2.44. The summed E-state index contributed by atoms with van der Waals surface area (Å²) in [5.41, 5.74) is 1.66. The molecule has 0 amide bonds. The Morgan fingerprint density at radius 3 is 2.03 bits per heavy atom. The minimum Gasteiger partial charge on any atom is -0.471 e. The van der Waals surface area contributed by atoms with Gasteiger partial charge in [0.15, 0.2) is 0 Å². The smallest absolute Gasteiger partial charge is 0.217 e. The Balaban J connectivity index is 1.46. The number of aliphatic imine (C=N–C) groups is 1. The Morgan fingerprint density at radius 2 is 1.41 bits per heavy atom. The van der Waals surface area contributed by atoms with Gasteiger partial charge in [0.25, 0.3) is 0 Å². The van der Waals surface area contributed by atoms with Crippen LogP contribution in [0.2, 0.25) is 0 Å². The summed E-state index contributed by atoms with van der Waals surface area (Å²) in [6.45, 7) is 7.29. The van der Waals surface area contributed by atoms with E-state index in [-0.39, 0.29) is 16.9 Å². The van der Waals surface area contributed by atoms with Gasteiger partial charge in [-0.25, -0.2) is 4.99 Å². The number of hydrogen-bond donors (Lipinski definition) is 0. The molecule has 3 aliphatic rings. The van der Waals surface area contributed by atoms with Gasteiger partial charge in [0, 0.05) is 11.0 Å². The second-order valence-corrected chi connectivity index (χ2v) is 12.5. The molecule has 0 aromatic heterocycles. The second kappa shape index (κ2) is 7.29. The van der Waals surface area contributed by atoms with E-state index in [1.54, 1.807) is 0 Å². The zero-order valence-electron chi connectivity index (χ0n) is 19.0. The fourth-order valence-electron chi connectivity index (χ4n) is 6.46. The molecule has 4 atom stereocenters. The normalized spacial score (nSPS) is 29.6. The molecule has 2 nitrogen and oxygen atoms in total. The predicted molar refractivity (Wildman–Crippen MR) is 135 cm³/mol. The molecule has 3 heteroatoms. The minimum absolute atomic E-state index is 0.201. The average Bonchev–Trinajstić information content (AvgIpc) is 3.40. The van der Waals surface area contributed by atoms with Gasteiger partial charge < -0.3 is 4.74 Å². The van der Waals surface area contributed by atoms with Crippen molar-refractivity contribution in [3.05, 3.63) is 90.5 Å². The lowest BCUT2D eigenvalue weighted by atomic mass is 9.70. The lowest BCUT2D eigenvalue weighted by molar-refractivity contribution is 0.0285. The molecular weight excluding hydrogens is 409 g/mol. The number of rotatable bonds is 4. The highest BCUT2D eigenvalue weighted by Gasteiger charge is 2.69. The highest BCUT2D eigenvalue weighted by molar-refractivity contribution is 7.80. The minimum atomic E-state index is -0.697. The van der Waals surface area contributed by atoms with E-state index in [1.165, 1.54) is 34.3 Å². The molecule has 1 heterocycles. The fourth-order valence-corrected chi connectivity index (χ4v) is 8.90. The van der Waals surface area contributed by atoms with E-state index < -0.39 is 7.92 Å². The molecular formula is C29H30NOP. The lowest BCUT2D eigenvalue weighted by Crippen LogP contribution is -2.39. The maximum Gasteiger partial charge on any atom is 0.217 e. The third-order valence-corrected chi connectivity index (χ3v) is 11.1. The largest absolute Gasteiger partial charge is 0.471 e. The van der Waals surface area contributed by atoms with Gasteiger partial charge in [0.2, 0.25) is 5.90 Å². The maximum absolute atomic E-state index is 6.77. The summed E-state index contributed by atoms with van der Waals surface area (Å²) in [4.78, 5) is 5.28. The third kappa shape index (κ3) is 2.78. The van der Waals surface area contributed by atoms with Crippen molar-refractivity contribution in [2.24, 2.45) is 21.7 Å². The van der Waals surface area contributed by atoms with Crippen molar-refractivity contribution < 1.29 is 4.74 Å². The van der Waals surface area contributed by atoms with Gasteiger partial charge >= 0.3 is 0 Å². The van der Waals surface area contributed by atoms with Crippen molar-refractivity contribution in [2.45, 2.75) is 45.8 Å². The molecule has 1 aliphatic heterocycles. The molecule has 32 heavy (non-hydrogen) atoms. The van der Waals surface area contributed by atoms with Crippen molar-refractivity contribution in [3.63, 3.8) is 0 Å². The van der Waals surface area contributed by atoms with Gasteiger partial charge in [0.05, 0.1) is 6.04 Å². The molecule has 2 fully saturated rings. The number of hydrogen-bond acceptors (Lipinski definition) is 2. The van der Waals surface area contributed by atoms with Crippen LogP contribution in [0.25, 0.3) is 0 Å². The molecule has 3 aromatic carbocycles. The highest BCUT2D eigenvalue weighted by Crippen LogP contribution is 2.68. The summed E-state index contributed by atoms with van der Waals surface area (Å²) in [7, 11) is -0.697. The monoisotopic (exact) mass is 439 g/mol. The zero-order chi connectivity index (χ0) is 21.9. The van der Waals surface area contributed by atoms with Crippen molar-refractivity contribution in [2.75, 3.05) is 0 Å². The molecule has 2 aliphatic carbocycles. The van der Waals surface area contributed by atoms with Crippen LogP contribution in [0, 0.1) is 16.7 Å². The zero-order valence-corrected chi connectivity index (χ0v) is 19.9. The summed E-state index contributed by atoms with van der Waals surface area (Å²) in [5, 5.41) is 4.04. The fraction of sp³-hybridized carbons (Fsp3) is 0.345. The van der Waals surface area contributed by atoms with Crippen LogP contribution in [-0.2, 0) is 4.74 Å². The number of fused-ring (bicyclic) bond motifs is 5. The van der Waals surface area contributed by atoms with Crippen LogP contribution in [0.15, 0.2) is 89.9 Å². The molecule has 2 bridgehead atoms. The molecule has 6 rings (SSSR count). The SMILES string of the molecule is CC1(C)[C@H]2CC[C@]1(C)[C@@H]1OC(c3ccccc3P(c3ccccc3)c3ccccc3)=N[C@@H]12. The lowest BCUT2D eigenvalue weighted by Gasteiger charge is -2.37. The Kier molecular flexibility index (Phi) is 4.60. The Morgan fingerprint density at radius 1 is 0.812 bits per heavy atom. The number of ether oxygens (including phenoxy) is 1. The van der Waals surface area contributed by atoms with Gasteiger partial charge in [-0.2, -0.15) is 0 Å². The Labute approximate surface area is 192 Å². The Bertz CT molecular complexity index is 1130. The van der Waals surface area contributed by atoms with Gasteiger partial charge in [-0.05, 0) is 54.1 Å². The first-order valence-corrected chi connectivity index (χ1v) is 13.1. The molecule has 0 N–H and O–H groups in total. The summed E-state index contributed by atoms with van der Waals surface area (Å²) in [5.74, 6) is 1.48. The summed E-state index contributed by atoms with van der Waals surface area (Å²) in [6.07, 6.45) is 2.73. The maximum atomic E-state index is 6.77. The summed E-state index contributed by atoms with van der Waals surface area (Å²) < 4.78 is 6.77. The molecule has 0 spiro atoms. The van der Waals surface area contributed by atoms with Gasteiger partial charge in [-0.3, -0.25) is 0 Å². The van der Waals surface area contributed by atoms with E-state index in [1.807, 2.05) is 0 Å². The first-order chi connectivity index (χ1) is 15.5. The molecule has 0 saturated heterocycles. The standard InChI is InChI=1S/C29H30NOP/c1-28(2)23-18-19-29(28,3)26-25(23)30-27(31-26)22-16-10-11-17-24(22)32(20-12-6-4-7-13-20)21-14-8-5-9-15-21/h4-17,23,25-26H,18-19H2,1-3H3/t23-,25+,26+,29+/m0/s1. The van der Waals surface area contributed by atoms with Crippen LogP contribution in [0.1, 0.15) is 39.2 Å². The van der Waals surface area contributed by atoms with Gasteiger partial charge in [0.1, 0.15) is 6.10 Å². The predicted octanol–water partition coefficient (Wildman–Crippen LogP) is 5.41. The van der Waals surface area contributed by atoms with Gasteiger partial charge in [-0.15, -0.1) is 0 Å². The van der Waals surface area contributed by atoms with E-state index >= 15 is 0 Å². The van der Waals surface area contributed by atoms with Gasteiger partial charge in [-0.1, -0.05) is 99.6 Å². The van der Waals surface area contributed by atoms with Crippen molar-refractivity contribution in [1.82, 2.24) is 0 Å². The molecule has 2 saturated carbocycles. The van der Waals surface area contributed by atoms with E-state index in [2.05, 4.69) is 106 Å². The first kappa shape index (κ1) is 20.2. The van der Waals surface area contributed by atoms with Crippen LogP contribution in [0.3, 0.4) is 0 Å². The van der Waals surface area contributed by atoms with Crippen molar-refractivity contribution >= 4 is 29.7 Å². The topological polar surface area (TPSA) is 21.6 Å². The van der Waals surface area contributed by atoms with Crippen molar-refractivity contribution in [1.29, 1.82) is 0 Å². The highest BCUT2D eigenvalue weighted by atomic mass is 31.1. The quantitative estimate of drug-likeness (QED) is 0.498. The number of benzene rings is 3. The molecule has 3 aromatic rings. The van der Waals surface area contributed by atoms with E-state index in [9.17, 15) is 0 Å². The van der Waals surface area contributed by atoms with Crippen molar-refractivity contribution in [3.8, 4) is 0 Å². The molecule has 162 valence electrons.